The first-order valence-corrected chi connectivity index (χ1v) is 10.5. The van der Waals surface area contributed by atoms with Gasteiger partial charge in [-0.1, -0.05) is 37.3 Å². The molecule has 0 radical (unpaired) electrons. The molecule has 0 saturated carbocycles. The van der Waals surface area contributed by atoms with Gasteiger partial charge in [0.05, 0.1) is 5.92 Å². The first-order chi connectivity index (χ1) is 13.2. The van der Waals surface area contributed by atoms with Crippen molar-refractivity contribution in [2.45, 2.75) is 45.6 Å². The van der Waals surface area contributed by atoms with Crippen molar-refractivity contribution in [3.63, 3.8) is 0 Å². The summed E-state index contributed by atoms with van der Waals surface area (Å²) >= 11 is 0. The number of amides is 2. The van der Waals surface area contributed by atoms with Crippen LogP contribution in [0.1, 0.15) is 44.6 Å². The molecule has 2 fully saturated rings. The number of benzene rings is 1. The van der Waals surface area contributed by atoms with Gasteiger partial charge in [0.2, 0.25) is 11.8 Å². The summed E-state index contributed by atoms with van der Waals surface area (Å²) in [5.74, 6) is 0.766. The normalized spacial score (nSPS) is 23.8. The van der Waals surface area contributed by atoms with Gasteiger partial charge in [0.15, 0.2) is 0 Å². The summed E-state index contributed by atoms with van der Waals surface area (Å²) in [6.07, 6.45) is 4.71. The van der Waals surface area contributed by atoms with Crippen LogP contribution in [0, 0.1) is 11.8 Å². The smallest absolute Gasteiger partial charge is 0.224 e. The van der Waals surface area contributed by atoms with Crippen molar-refractivity contribution in [2.75, 3.05) is 32.7 Å². The highest BCUT2D eigenvalue weighted by atomic mass is 16.2. The van der Waals surface area contributed by atoms with Crippen LogP contribution in [0.2, 0.25) is 0 Å². The second-order valence-corrected chi connectivity index (χ2v) is 8.01. The Morgan fingerprint density at radius 2 is 1.85 bits per heavy atom. The van der Waals surface area contributed by atoms with Crippen LogP contribution in [0.4, 0.5) is 0 Å². The molecule has 0 bridgehead atoms. The maximum atomic E-state index is 12.6. The molecule has 0 aliphatic carbocycles. The molecule has 1 N–H and O–H groups in total. The zero-order valence-corrected chi connectivity index (χ0v) is 16.5. The number of carbonyl (C=O) groups excluding carboxylic acids is 2. The monoisotopic (exact) mass is 371 g/mol. The first kappa shape index (κ1) is 19.9. The Labute approximate surface area is 163 Å². The van der Waals surface area contributed by atoms with Gasteiger partial charge in [-0.25, -0.2) is 0 Å². The van der Waals surface area contributed by atoms with Crippen LogP contribution in [0.25, 0.3) is 0 Å². The maximum Gasteiger partial charge on any atom is 0.224 e. The summed E-state index contributed by atoms with van der Waals surface area (Å²) in [5, 5.41) is 3.18. The van der Waals surface area contributed by atoms with E-state index >= 15 is 0 Å². The molecule has 3 rings (SSSR count). The highest BCUT2D eigenvalue weighted by Crippen LogP contribution is 2.20. The maximum absolute atomic E-state index is 12.6. The van der Waals surface area contributed by atoms with Gasteiger partial charge in [0, 0.05) is 39.1 Å². The molecule has 148 valence electrons. The Morgan fingerprint density at radius 1 is 1.07 bits per heavy atom. The van der Waals surface area contributed by atoms with Crippen LogP contribution in [-0.2, 0) is 16.1 Å². The first-order valence-electron chi connectivity index (χ1n) is 10.5. The Morgan fingerprint density at radius 3 is 2.63 bits per heavy atom. The fourth-order valence-corrected chi connectivity index (χ4v) is 4.33. The van der Waals surface area contributed by atoms with Gasteiger partial charge in [-0.3, -0.25) is 14.5 Å². The topological polar surface area (TPSA) is 52.7 Å². The molecule has 2 aliphatic rings. The van der Waals surface area contributed by atoms with E-state index < -0.39 is 0 Å². The average molecular weight is 372 g/mol. The van der Waals surface area contributed by atoms with E-state index in [9.17, 15) is 9.59 Å². The molecule has 1 aromatic carbocycles. The minimum Gasteiger partial charge on any atom is -0.355 e. The fraction of sp³-hybridized carbons (Fsp3) is 0.636. The van der Waals surface area contributed by atoms with Crippen LogP contribution in [-0.4, -0.2) is 54.3 Å². The molecule has 0 spiro atoms. The van der Waals surface area contributed by atoms with Gasteiger partial charge in [-0.2, -0.15) is 0 Å². The number of hydrogen-bond acceptors (Lipinski definition) is 3. The number of rotatable bonds is 6. The predicted octanol–water partition coefficient (Wildman–Crippen LogP) is 2.66. The third-order valence-electron chi connectivity index (χ3n) is 5.86. The summed E-state index contributed by atoms with van der Waals surface area (Å²) in [6, 6.07) is 10.6. The lowest BCUT2D eigenvalue weighted by molar-refractivity contribution is -0.135. The average Bonchev–Trinajstić information content (AvgIpc) is 2.72. The van der Waals surface area contributed by atoms with Crippen LogP contribution < -0.4 is 5.32 Å². The third-order valence-corrected chi connectivity index (χ3v) is 5.86. The highest BCUT2D eigenvalue weighted by molar-refractivity contribution is 5.81. The summed E-state index contributed by atoms with van der Waals surface area (Å²) in [4.78, 5) is 28.9. The van der Waals surface area contributed by atoms with E-state index in [0.717, 1.165) is 45.6 Å². The van der Waals surface area contributed by atoms with Gasteiger partial charge in [0.25, 0.3) is 0 Å². The molecule has 0 unspecified atom stereocenters. The van der Waals surface area contributed by atoms with E-state index in [1.807, 2.05) is 11.8 Å². The molecule has 27 heavy (non-hydrogen) atoms. The molecule has 2 aliphatic heterocycles. The molecule has 2 saturated heterocycles. The zero-order valence-electron chi connectivity index (χ0n) is 16.5. The van der Waals surface area contributed by atoms with Crippen molar-refractivity contribution in [1.82, 2.24) is 15.1 Å². The van der Waals surface area contributed by atoms with E-state index in [0.29, 0.717) is 18.9 Å². The lowest BCUT2D eigenvalue weighted by atomic mass is 9.95. The van der Waals surface area contributed by atoms with E-state index in [1.165, 1.54) is 18.4 Å². The van der Waals surface area contributed by atoms with Gasteiger partial charge in [-0.15, -0.1) is 0 Å². The van der Waals surface area contributed by atoms with E-state index in [1.54, 1.807) is 0 Å². The second-order valence-electron chi connectivity index (χ2n) is 8.01. The summed E-state index contributed by atoms with van der Waals surface area (Å²) in [7, 11) is 0. The molecule has 5 heteroatoms. The van der Waals surface area contributed by atoms with Crippen molar-refractivity contribution in [1.29, 1.82) is 0 Å². The van der Waals surface area contributed by atoms with E-state index in [4.69, 9.17) is 0 Å². The molecule has 0 aromatic heterocycles. The van der Waals surface area contributed by atoms with Crippen LogP contribution in [0.15, 0.2) is 30.3 Å². The number of carbonyl (C=O) groups is 2. The van der Waals surface area contributed by atoms with Crippen molar-refractivity contribution >= 4 is 11.8 Å². The Hall–Kier alpha value is -1.88. The molecule has 1 aromatic rings. The summed E-state index contributed by atoms with van der Waals surface area (Å²) < 4.78 is 0. The lowest BCUT2D eigenvalue weighted by Crippen LogP contribution is -2.47. The van der Waals surface area contributed by atoms with E-state index in [-0.39, 0.29) is 17.7 Å². The minimum absolute atomic E-state index is 0.0433. The molecule has 2 amide bonds. The Kier molecular flexibility index (Phi) is 7.27. The number of likely N-dealkylation sites (tertiary alicyclic amines) is 2. The number of nitrogens with one attached hydrogen (secondary N) is 1. The van der Waals surface area contributed by atoms with Crippen LogP contribution in [0.3, 0.4) is 0 Å². The van der Waals surface area contributed by atoms with Crippen LogP contribution >= 0.6 is 0 Å². The summed E-state index contributed by atoms with van der Waals surface area (Å²) in [6.45, 7) is 7.19. The van der Waals surface area contributed by atoms with E-state index in [2.05, 4.69) is 40.5 Å². The molecule has 2 atom stereocenters. The molecular formula is C22H33N3O2. The number of hydrogen-bond donors (Lipinski definition) is 1. The predicted molar refractivity (Wildman–Crippen MR) is 107 cm³/mol. The van der Waals surface area contributed by atoms with Gasteiger partial charge >= 0.3 is 0 Å². The minimum atomic E-state index is -0.0433. The summed E-state index contributed by atoms with van der Waals surface area (Å²) in [5.41, 5.74) is 1.35. The Bertz CT molecular complexity index is 619. The highest BCUT2D eigenvalue weighted by Gasteiger charge is 2.28. The SMILES string of the molecule is CCC(=O)N1CCC[C@@H](C(=O)NC[C@@H]2CCCN(Cc3ccccc3)C2)C1. The number of piperidine rings is 2. The molecular weight excluding hydrogens is 338 g/mol. The quantitative estimate of drug-likeness (QED) is 0.836. The fourth-order valence-electron chi connectivity index (χ4n) is 4.33. The standard InChI is InChI=1S/C22H33N3O2/c1-2-21(26)25-13-7-11-20(17-25)22(27)23-14-19-10-6-12-24(16-19)15-18-8-4-3-5-9-18/h3-5,8-9,19-20H,2,6-7,10-17H2,1H3,(H,23,27)/t19-,20+/m0/s1. The lowest BCUT2D eigenvalue weighted by Gasteiger charge is -2.34. The third kappa shape index (κ3) is 5.80. The van der Waals surface area contributed by atoms with Crippen molar-refractivity contribution < 1.29 is 9.59 Å². The van der Waals surface area contributed by atoms with Gasteiger partial charge in [-0.05, 0) is 43.7 Å². The van der Waals surface area contributed by atoms with Crippen molar-refractivity contribution in [3.8, 4) is 0 Å². The van der Waals surface area contributed by atoms with Crippen molar-refractivity contribution in [2.24, 2.45) is 11.8 Å². The zero-order chi connectivity index (χ0) is 19.1. The van der Waals surface area contributed by atoms with Crippen molar-refractivity contribution in [3.05, 3.63) is 35.9 Å². The molecule has 5 nitrogen and oxygen atoms in total. The largest absolute Gasteiger partial charge is 0.355 e. The van der Waals surface area contributed by atoms with Gasteiger partial charge in [0.1, 0.15) is 0 Å². The molecule has 2 heterocycles. The van der Waals surface area contributed by atoms with Crippen LogP contribution in [0.5, 0.6) is 0 Å². The Balaban J connectivity index is 1.43. The number of nitrogens with zero attached hydrogens (tertiary/aromatic N) is 2. The second kappa shape index (κ2) is 9.88. The van der Waals surface area contributed by atoms with Gasteiger partial charge < -0.3 is 10.2 Å².